The summed E-state index contributed by atoms with van der Waals surface area (Å²) >= 11 is 0. The van der Waals surface area contributed by atoms with E-state index in [2.05, 4.69) is 5.32 Å². The minimum Gasteiger partial charge on any atom is -0.325 e. The molecule has 1 N–H and O–H groups in total. The average Bonchev–Trinajstić information content (AvgIpc) is 2.54. The van der Waals surface area contributed by atoms with Gasteiger partial charge in [0.25, 0.3) is 5.69 Å². The highest BCUT2D eigenvalue weighted by Gasteiger charge is 2.09. The number of carbonyl (C=O) groups excluding carboxylic acids is 1. The Balaban J connectivity index is 2.28. The molecule has 1 heterocycles. The molecule has 0 bridgehead atoms. The van der Waals surface area contributed by atoms with E-state index in [1.165, 1.54) is 12.1 Å². The van der Waals surface area contributed by atoms with Crippen LogP contribution < -0.4 is 5.32 Å². The zero-order valence-corrected chi connectivity index (χ0v) is 8.92. The molecule has 1 amide bonds. The number of hydrogen-bond donors (Lipinski definition) is 1. The monoisotopic (exact) mass is 230 g/mol. The van der Waals surface area contributed by atoms with Gasteiger partial charge in [0.1, 0.15) is 0 Å². The van der Waals surface area contributed by atoms with Crippen LogP contribution >= 0.6 is 0 Å². The van der Waals surface area contributed by atoms with Crippen molar-refractivity contribution in [2.45, 2.75) is 6.42 Å². The highest BCUT2D eigenvalue weighted by molar-refractivity contribution is 5.89. The van der Waals surface area contributed by atoms with Crippen molar-refractivity contribution in [2.75, 3.05) is 0 Å². The van der Waals surface area contributed by atoms with E-state index in [-0.39, 0.29) is 11.6 Å². The van der Waals surface area contributed by atoms with E-state index in [4.69, 9.17) is 0 Å². The fraction of sp³-hybridized carbons (Fsp3) is 0.0833. The van der Waals surface area contributed by atoms with Gasteiger partial charge >= 0.3 is 0 Å². The zero-order chi connectivity index (χ0) is 12.3. The molecule has 1 aliphatic heterocycles. The second kappa shape index (κ2) is 4.61. The van der Waals surface area contributed by atoms with Crippen molar-refractivity contribution in [3.8, 4) is 0 Å². The van der Waals surface area contributed by atoms with Gasteiger partial charge in [-0.2, -0.15) is 0 Å². The maximum atomic E-state index is 11.3. The molecule has 0 fully saturated rings. The van der Waals surface area contributed by atoms with Gasteiger partial charge in [-0.1, -0.05) is 12.2 Å². The first-order valence-corrected chi connectivity index (χ1v) is 5.08. The zero-order valence-electron chi connectivity index (χ0n) is 8.92. The fourth-order valence-corrected chi connectivity index (χ4v) is 1.51. The van der Waals surface area contributed by atoms with E-state index >= 15 is 0 Å². The van der Waals surface area contributed by atoms with Gasteiger partial charge in [0.15, 0.2) is 0 Å². The number of nitro benzene ring substituents is 1. The summed E-state index contributed by atoms with van der Waals surface area (Å²) in [6.07, 6.45) is 5.65. The molecule has 0 aromatic heterocycles. The third kappa shape index (κ3) is 2.57. The minimum atomic E-state index is -0.455. The first-order chi connectivity index (χ1) is 8.16. The SMILES string of the molecule is O=C1CC=CC=C(c2ccc([N+](=O)[O-])cc2)N1. The lowest BCUT2D eigenvalue weighted by molar-refractivity contribution is -0.384. The van der Waals surface area contributed by atoms with Crippen LogP contribution in [-0.4, -0.2) is 10.8 Å². The van der Waals surface area contributed by atoms with Gasteiger partial charge < -0.3 is 5.32 Å². The highest BCUT2D eigenvalue weighted by atomic mass is 16.6. The topological polar surface area (TPSA) is 72.2 Å². The van der Waals surface area contributed by atoms with Gasteiger partial charge in [-0.05, 0) is 23.8 Å². The van der Waals surface area contributed by atoms with Crippen LogP contribution in [0, 0.1) is 10.1 Å². The number of allylic oxidation sites excluding steroid dienone is 2. The number of amides is 1. The van der Waals surface area contributed by atoms with Gasteiger partial charge in [0, 0.05) is 24.3 Å². The quantitative estimate of drug-likeness (QED) is 0.624. The van der Waals surface area contributed by atoms with Crippen LogP contribution in [0.25, 0.3) is 5.70 Å². The predicted molar refractivity (Wildman–Crippen MR) is 63.0 cm³/mol. The number of hydrogen-bond acceptors (Lipinski definition) is 3. The summed E-state index contributed by atoms with van der Waals surface area (Å²) < 4.78 is 0. The van der Waals surface area contributed by atoms with Crippen LogP contribution in [0.2, 0.25) is 0 Å². The third-order valence-electron chi connectivity index (χ3n) is 2.37. The molecule has 2 rings (SSSR count). The highest BCUT2D eigenvalue weighted by Crippen LogP contribution is 2.18. The molecule has 86 valence electrons. The second-order valence-electron chi connectivity index (χ2n) is 3.56. The van der Waals surface area contributed by atoms with Gasteiger partial charge in [-0.3, -0.25) is 14.9 Å². The summed E-state index contributed by atoms with van der Waals surface area (Å²) in [6.45, 7) is 0. The van der Waals surface area contributed by atoms with Crippen LogP contribution in [0.5, 0.6) is 0 Å². The minimum absolute atomic E-state index is 0.0323. The standard InChI is InChI=1S/C12H10N2O3/c15-12-4-2-1-3-11(13-12)9-5-7-10(8-6-9)14(16)17/h1-3,5-8H,4H2,(H,13,15). The molecule has 0 spiro atoms. The molecule has 0 aliphatic carbocycles. The Morgan fingerprint density at radius 3 is 2.59 bits per heavy atom. The smallest absolute Gasteiger partial charge is 0.269 e. The van der Waals surface area contributed by atoms with E-state index in [9.17, 15) is 14.9 Å². The number of carbonyl (C=O) groups is 1. The lowest BCUT2D eigenvalue weighted by Crippen LogP contribution is -2.19. The molecule has 17 heavy (non-hydrogen) atoms. The van der Waals surface area contributed by atoms with Crippen molar-refractivity contribution in [1.29, 1.82) is 0 Å². The molecule has 0 atom stereocenters. The van der Waals surface area contributed by atoms with Crippen molar-refractivity contribution in [3.05, 3.63) is 58.2 Å². The van der Waals surface area contributed by atoms with E-state index < -0.39 is 4.92 Å². The van der Waals surface area contributed by atoms with E-state index in [0.717, 1.165) is 5.56 Å². The second-order valence-corrected chi connectivity index (χ2v) is 3.56. The largest absolute Gasteiger partial charge is 0.325 e. The molecule has 0 unspecified atom stereocenters. The molecule has 5 heteroatoms. The molecule has 0 saturated heterocycles. The maximum Gasteiger partial charge on any atom is 0.269 e. The molecule has 1 aliphatic rings. The summed E-state index contributed by atoms with van der Waals surface area (Å²) in [6, 6.07) is 6.06. The van der Waals surface area contributed by atoms with Crippen LogP contribution in [0.4, 0.5) is 5.69 Å². The maximum absolute atomic E-state index is 11.3. The molecule has 1 aromatic rings. The number of nitro groups is 1. The van der Waals surface area contributed by atoms with E-state index in [0.29, 0.717) is 12.1 Å². The van der Waals surface area contributed by atoms with Crippen molar-refractivity contribution in [2.24, 2.45) is 0 Å². The molecule has 0 radical (unpaired) electrons. The number of nitrogens with zero attached hydrogens (tertiary/aromatic N) is 1. The lowest BCUT2D eigenvalue weighted by Gasteiger charge is -2.07. The number of rotatable bonds is 2. The van der Waals surface area contributed by atoms with E-state index in [1.54, 1.807) is 30.4 Å². The van der Waals surface area contributed by atoms with Gasteiger partial charge in [0.2, 0.25) is 5.91 Å². The van der Waals surface area contributed by atoms with Crippen LogP contribution in [-0.2, 0) is 4.79 Å². The first kappa shape index (κ1) is 11.1. The van der Waals surface area contributed by atoms with Crippen LogP contribution in [0.15, 0.2) is 42.5 Å². The van der Waals surface area contributed by atoms with Crippen molar-refractivity contribution < 1.29 is 9.72 Å². The van der Waals surface area contributed by atoms with Gasteiger partial charge in [-0.25, -0.2) is 0 Å². The summed E-state index contributed by atoms with van der Waals surface area (Å²) in [5.41, 5.74) is 1.43. The number of benzene rings is 1. The summed E-state index contributed by atoms with van der Waals surface area (Å²) in [5, 5.41) is 13.2. The average molecular weight is 230 g/mol. The molecular formula is C12H10N2O3. The van der Waals surface area contributed by atoms with Crippen molar-refractivity contribution >= 4 is 17.3 Å². The third-order valence-corrected chi connectivity index (χ3v) is 2.37. The fourth-order valence-electron chi connectivity index (χ4n) is 1.51. The van der Waals surface area contributed by atoms with Crippen LogP contribution in [0.3, 0.4) is 0 Å². The van der Waals surface area contributed by atoms with Crippen molar-refractivity contribution in [1.82, 2.24) is 5.32 Å². The molecule has 1 aromatic carbocycles. The Morgan fingerprint density at radius 1 is 1.24 bits per heavy atom. The summed E-state index contributed by atoms with van der Waals surface area (Å²) in [4.78, 5) is 21.4. The summed E-state index contributed by atoms with van der Waals surface area (Å²) in [5.74, 6) is -0.0941. The number of nitrogens with one attached hydrogen (secondary N) is 1. The Bertz CT molecular complexity index is 515. The Morgan fingerprint density at radius 2 is 1.94 bits per heavy atom. The Labute approximate surface area is 97.6 Å². The van der Waals surface area contributed by atoms with Gasteiger partial charge in [-0.15, -0.1) is 0 Å². The Kier molecular flexibility index (Phi) is 3.00. The van der Waals surface area contributed by atoms with Gasteiger partial charge in [0.05, 0.1) is 4.92 Å². The first-order valence-electron chi connectivity index (χ1n) is 5.08. The number of non-ortho nitro benzene ring substituents is 1. The van der Waals surface area contributed by atoms with E-state index in [1.807, 2.05) is 0 Å². The van der Waals surface area contributed by atoms with Crippen LogP contribution in [0.1, 0.15) is 12.0 Å². The lowest BCUT2D eigenvalue weighted by atomic mass is 10.1. The molecule has 5 nitrogen and oxygen atoms in total. The summed E-state index contributed by atoms with van der Waals surface area (Å²) in [7, 11) is 0. The molecule has 0 saturated carbocycles. The Hall–Kier alpha value is -2.43. The normalized spacial score (nSPS) is 14.8. The molecular weight excluding hydrogens is 220 g/mol. The predicted octanol–water partition coefficient (Wildman–Crippen LogP) is 2.01. The van der Waals surface area contributed by atoms with Crippen molar-refractivity contribution in [3.63, 3.8) is 0 Å².